The van der Waals surface area contributed by atoms with E-state index >= 15 is 0 Å². The number of ether oxygens (including phenoxy) is 1. The third-order valence-corrected chi connectivity index (χ3v) is 4.10. The van der Waals surface area contributed by atoms with E-state index in [1.165, 1.54) is 5.56 Å². The number of aromatic nitrogens is 3. The second-order valence-corrected chi connectivity index (χ2v) is 6.66. The van der Waals surface area contributed by atoms with Gasteiger partial charge in [-0.15, -0.1) is 0 Å². The Labute approximate surface area is 135 Å². The fourth-order valence-corrected chi connectivity index (χ4v) is 3.21. The summed E-state index contributed by atoms with van der Waals surface area (Å²) in [5.74, 6) is 2.68. The van der Waals surface area contributed by atoms with Gasteiger partial charge in [0.15, 0.2) is 0 Å². The predicted molar refractivity (Wildman–Crippen MR) is 90.8 cm³/mol. The number of H-pyrrole nitrogens is 1. The molecule has 0 saturated heterocycles. The van der Waals surface area contributed by atoms with Crippen LogP contribution in [0.15, 0.2) is 36.5 Å². The summed E-state index contributed by atoms with van der Waals surface area (Å²) in [6, 6.07) is 10.3. The number of para-hydroxylation sites is 1. The number of aryl methyl sites for hydroxylation is 1. The van der Waals surface area contributed by atoms with Gasteiger partial charge >= 0.3 is 0 Å². The fourth-order valence-electron chi connectivity index (χ4n) is 3.21. The van der Waals surface area contributed by atoms with Gasteiger partial charge in [0.25, 0.3) is 0 Å². The van der Waals surface area contributed by atoms with E-state index in [0.29, 0.717) is 0 Å². The number of benzene rings is 1. The third-order valence-electron chi connectivity index (χ3n) is 4.10. The van der Waals surface area contributed by atoms with Crippen LogP contribution in [-0.2, 0) is 6.54 Å². The lowest BCUT2D eigenvalue weighted by atomic mass is 10.1. The number of aromatic amines is 1. The van der Waals surface area contributed by atoms with Gasteiger partial charge in [-0.25, -0.2) is 9.97 Å². The van der Waals surface area contributed by atoms with Crippen LogP contribution in [0, 0.1) is 6.92 Å². The van der Waals surface area contributed by atoms with Crippen molar-refractivity contribution in [3.05, 3.63) is 47.9 Å². The molecule has 3 heterocycles. The molecule has 0 unspecified atom stereocenters. The number of anilines is 1. The second kappa shape index (κ2) is 4.98. The van der Waals surface area contributed by atoms with Crippen molar-refractivity contribution in [1.29, 1.82) is 0 Å². The maximum Gasteiger partial charge on any atom is 0.143 e. The molecular formula is C18H20N4O. The van der Waals surface area contributed by atoms with Crippen molar-refractivity contribution in [1.82, 2.24) is 15.0 Å². The van der Waals surface area contributed by atoms with E-state index in [4.69, 9.17) is 9.72 Å². The molecule has 0 radical (unpaired) electrons. The summed E-state index contributed by atoms with van der Waals surface area (Å²) >= 11 is 0. The standard InChI is InChI=1S/C18H20N4O/c1-12-20-16-14(8-9-19-16)17(21-12)22-10-13-6-4-5-7-15(13)23-18(2,3)11-22/h4-9H,10-11H2,1-3H3,(H,19,20,21). The first-order chi connectivity index (χ1) is 11.0. The molecule has 0 spiro atoms. The summed E-state index contributed by atoms with van der Waals surface area (Å²) in [6.07, 6.45) is 1.91. The van der Waals surface area contributed by atoms with E-state index in [-0.39, 0.29) is 5.60 Å². The molecule has 0 bridgehead atoms. The Balaban J connectivity index is 1.85. The highest BCUT2D eigenvalue weighted by atomic mass is 16.5. The van der Waals surface area contributed by atoms with Crippen LogP contribution in [0.25, 0.3) is 11.0 Å². The molecule has 5 heteroatoms. The van der Waals surface area contributed by atoms with Crippen LogP contribution < -0.4 is 9.64 Å². The van der Waals surface area contributed by atoms with E-state index in [0.717, 1.165) is 41.5 Å². The van der Waals surface area contributed by atoms with Gasteiger partial charge in [0.1, 0.15) is 28.6 Å². The SMILES string of the molecule is Cc1nc(N2Cc3ccccc3OC(C)(C)C2)c2cc[nH]c2n1. The molecule has 0 atom stereocenters. The Morgan fingerprint density at radius 1 is 1.17 bits per heavy atom. The summed E-state index contributed by atoms with van der Waals surface area (Å²) < 4.78 is 6.23. The van der Waals surface area contributed by atoms with Crippen LogP contribution in [-0.4, -0.2) is 27.1 Å². The van der Waals surface area contributed by atoms with Gasteiger partial charge in [0.2, 0.25) is 0 Å². The number of nitrogens with zero attached hydrogens (tertiary/aromatic N) is 3. The normalized spacial score (nSPS) is 16.7. The van der Waals surface area contributed by atoms with Crippen molar-refractivity contribution >= 4 is 16.9 Å². The van der Waals surface area contributed by atoms with Crippen molar-refractivity contribution in [2.75, 3.05) is 11.4 Å². The smallest absolute Gasteiger partial charge is 0.143 e. The van der Waals surface area contributed by atoms with Crippen LogP contribution in [0.5, 0.6) is 5.75 Å². The van der Waals surface area contributed by atoms with Crippen LogP contribution in [0.1, 0.15) is 25.2 Å². The lowest BCUT2D eigenvalue weighted by Gasteiger charge is -2.30. The van der Waals surface area contributed by atoms with E-state index in [9.17, 15) is 0 Å². The van der Waals surface area contributed by atoms with Crippen molar-refractivity contribution in [3.63, 3.8) is 0 Å². The molecule has 118 valence electrons. The minimum Gasteiger partial charge on any atom is -0.486 e. The van der Waals surface area contributed by atoms with Crippen molar-refractivity contribution in [2.24, 2.45) is 0 Å². The Morgan fingerprint density at radius 2 is 2.00 bits per heavy atom. The van der Waals surface area contributed by atoms with Gasteiger partial charge in [-0.05, 0) is 32.9 Å². The highest BCUT2D eigenvalue weighted by Gasteiger charge is 2.30. The molecule has 0 saturated carbocycles. The molecule has 2 aromatic heterocycles. The van der Waals surface area contributed by atoms with Crippen molar-refractivity contribution in [3.8, 4) is 5.75 Å². The molecule has 1 aliphatic rings. The van der Waals surface area contributed by atoms with Gasteiger partial charge in [0.05, 0.1) is 11.9 Å². The largest absolute Gasteiger partial charge is 0.486 e. The number of hydrogen-bond donors (Lipinski definition) is 1. The molecule has 3 aromatic rings. The van der Waals surface area contributed by atoms with Crippen molar-refractivity contribution in [2.45, 2.75) is 32.9 Å². The average Bonchev–Trinajstić information content (AvgIpc) is 2.89. The van der Waals surface area contributed by atoms with Gasteiger partial charge in [-0.2, -0.15) is 0 Å². The maximum absolute atomic E-state index is 6.23. The van der Waals surface area contributed by atoms with Gasteiger partial charge in [0, 0.05) is 18.3 Å². The molecule has 0 amide bonds. The molecule has 0 fully saturated rings. The van der Waals surface area contributed by atoms with Crippen LogP contribution >= 0.6 is 0 Å². The fraction of sp³-hybridized carbons (Fsp3) is 0.333. The molecule has 1 aliphatic heterocycles. The van der Waals surface area contributed by atoms with E-state index in [1.54, 1.807) is 0 Å². The maximum atomic E-state index is 6.23. The number of nitrogens with one attached hydrogen (secondary N) is 1. The molecular weight excluding hydrogens is 288 g/mol. The number of fused-ring (bicyclic) bond motifs is 2. The second-order valence-electron chi connectivity index (χ2n) is 6.66. The molecule has 23 heavy (non-hydrogen) atoms. The predicted octanol–water partition coefficient (Wildman–Crippen LogP) is 3.44. The topological polar surface area (TPSA) is 54.0 Å². The summed E-state index contributed by atoms with van der Waals surface area (Å²) in [5.41, 5.74) is 1.76. The highest BCUT2D eigenvalue weighted by molar-refractivity contribution is 5.87. The molecule has 5 nitrogen and oxygen atoms in total. The van der Waals surface area contributed by atoms with Gasteiger partial charge in [-0.1, -0.05) is 18.2 Å². The summed E-state index contributed by atoms with van der Waals surface area (Å²) in [6.45, 7) is 7.70. The average molecular weight is 308 g/mol. The number of rotatable bonds is 1. The first-order valence-corrected chi connectivity index (χ1v) is 7.85. The molecule has 4 rings (SSSR count). The van der Waals surface area contributed by atoms with Crippen LogP contribution in [0.2, 0.25) is 0 Å². The first kappa shape index (κ1) is 14.1. The summed E-state index contributed by atoms with van der Waals surface area (Å²) in [5, 5.41) is 1.05. The zero-order chi connectivity index (χ0) is 16.0. The Morgan fingerprint density at radius 3 is 2.87 bits per heavy atom. The minimum atomic E-state index is -0.298. The zero-order valence-corrected chi connectivity index (χ0v) is 13.6. The van der Waals surface area contributed by atoms with E-state index < -0.39 is 0 Å². The Kier molecular flexibility index (Phi) is 3.04. The lowest BCUT2D eigenvalue weighted by molar-refractivity contribution is 0.121. The zero-order valence-electron chi connectivity index (χ0n) is 13.6. The quantitative estimate of drug-likeness (QED) is 0.748. The summed E-state index contributed by atoms with van der Waals surface area (Å²) in [4.78, 5) is 14.7. The Bertz CT molecular complexity index is 868. The van der Waals surface area contributed by atoms with Crippen LogP contribution in [0.4, 0.5) is 5.82 Å². The first-order valence-electron chi connectivity index (χ1n) is 7.85. The minimum absolute atomic E-state index is 0.298. The monoisotopic (exact) mass is 308 g/mol. The van der Waals surface area contributed by atoms with E-state index in [2.05, 4.69) is 40.8 Å². The summed E-state index contributed by atoms with van der Waals surface area (Å²) in [7, 11) is 0. The molecule has 1 N–H and O–H groups in total. The number of hydrogen-bond acceptors (Lipinski definition) is 4. The molecule has 1 aromatic carbocycles. The highest BCUT2D eigenvalue weighted by Crippen LogP contribution is 2.33. The lowest BCUT2D eigenvalue weighted by Crippen LogP contribution is -2.41. The van der Waals surface area contributed by atoms with Crippen molar-refractivity contribution < 1.29 is 4.74 Å². The van der Waals surface area contributed by atoms with Gasteiger partial charge < -0.3 is 14.6 Å². The van der Waals surface area contributed by atoms with Crippen LogP contribution in [0.3, 0.4) is 0 Å². The van der Waals surface area contributed by atoms with E-state index in [1.807, 2.05) is 31.3 Å². The Hall–Kier alpha value is -2.56. The third kappa shape index (κ3) is 2.52. The molecule has 0 aliphatic carbocycles. The van der Waals surface area contributed by atoms with Gasteiger partial charge in [-0.3, -0.25) is 0 Å².